The zero-order valence-corrected chi connectivity index (χ0v) is 16.1. The summed E-state index contributed by atoms with van der Waals surface area (Å²) < 4.78 is 0. The first-order chi connectivity index (χ1) is 13.4. The van der Waals surface area contributed by atoms with Crippen LogP contribution < -0.4 is 0 Å². The standard InChI is InChI=1S/C16H23N3O.C4H4O4/c1-18-12-13(6-10-19-8-2-3-9-19)11-15-14(16(18)20)5-4-7-17-15;5-3(6)1-2-4(7)8/h4-5,7,13H,2-3,6,8-12H2,1H3;1-2H,(H,5,6)(H,7,8)/b;2-1+. The zero-order valence-electron chi connectivity index (χ0n) is 16.1. The maximum atomic E-state index is 12.3. The van der Waals surface area contributed by atoms with Gasteiger partial charge in [-0.3, -0.25) is 9.78 Å². The summed E-state index contributed by atoms with van der Waals surface area (Å²) in [6, 6.07) is 3.76. The Labute approximate surface area is 164 Å². The lowest BCUT2D eigenvalue weighted by atomic mass is 9.98. The van der Waals surface area contributed by atoms with Crippen molar-refractivity contribution in [3.63, 3.8) is 0 Å². The molecule has 28 heavy (non-hydrogen) atoms. The van der Waals surface area contributed by atoms with Crippen molar-refractivity contribution in [3.8, 4) is 0 Å². The van der Waals surface area contributed by atoms with Crippen LogP contribution in [0.15, 0.2) is 30.5 Å². The molecule has 0 bridgehead atoms. The van der Waals surface area contributed by atoms with Crippen molar-refractivity contribution in [2.45, 2.75) is 25.7 Å². The van der Waals surface area contributed by atoms with Gasteiger partial charge < -0.3 is 20.0 Å². The predicted octanol–water partition coefficient (Wildman–Crippen LogP) is 1.52. The molecular weight excluding hydrogens is 362 g/mol. The number of carbonyl (C=O) groups is 3. The van der Waals surface area contributed by atoms with Gasteiger partial charge in [-0.2, -0.15) is 0 Å². The predicted molar refractivity (Wildman–Crippen MR) is 103 cm³/mol. The topological polar surface area (TPSA) is 111 Å². The number of carbonyl (C=O) groups excluding carboxylic acids is 1. The number of nitrogens with zero attached hydrogens (tertiary/aromatic N) is 3. The largest absolute Gasteiger partial charge is 0.478 e. The minimum atomic E-state index is -1.26. The monoisotopic (exact) mass is 389 g/mol. The number of aromatic nitrogens is 1. The van der Waals surface area contributed by atoms with Crippen molar-refractivity contribution in [1.82, 2.24) is 14.8 Å². The second-order valence-electron chi connectivity index (χ2n) is 7.10. The highest BCUT2D eigenvalue weighted by atomic mass is 16.4. The summed E-state index contributed by atoms with van der Waals surface area (Å²) in [6.45, 7) is 4.50. The maximum Gasteiger partial charge on any atom is 0.328 e. The Morgan fingerprint density at radius 1 is 1.21 bits per heavy atom. The highest BCUT2D eigenvalue weighted by Crippen LogP contribution is 2.22. The van der Waals surface area contributed by atoms with Gasteiger partial charge in [-0.15, -0.1) is 0 Å². The molecule has 0 aromatic carbocycles. The number of rotatable bonds is 5. The molecule has 1 fully saturated rings. The van der Waals surface area contributed by atoms with Crippen molar-refractivity contribution in [2.24, 2.45) is 5.92 Å². The second kappa shape index (κ2) is 10.6. The summed E-state index contributed by atoms with van der Waals surface area (Å²) in [5, 5.41) is 15.6. The molecule has 1 aromatic rings. The average molecular weight is 389 g/mol. The van der Waals surface area contributed by atoms with Crippen molar-refractivity contribution >= 4 is 17.8 Å². The third-order valence-electron chi connectivity index (χ3n) is 4.90. The van der Waals surface area contributed by atoms with Crippen LogP contribution in [0.25, 0.3) is 0 Å². The number of pyridine rings is 1. The van der Waals surface area contributed by atoms with E-state index in [0.717, 1.165) is 37.2 Å². The summed E-state index contributed by atoms with van der Waals surface area (Å²) >= 11 is 0. The Hall–Kier alpha value is -2.74. The number of carboxylic acid groups (broad SMARTS) is 2. The maximum absolute atomic E-state index is 12.3. The number of aliphatic carboxylic acids is 2. The Balaban J connectivity index is 0.000000300. The van der Waals surface area contributed by atoms with E-state index >= 15 is 0 Å². The number of hydrogen-bond donors (Lipinski definition) is 2. The van der Waals surface area contributed by atoms with Gasteiger partial charge in [0.15, 0.2) is 0 Å². The molecule has 1 atom stereocenters. The molecule has 1 saturated heterocycles. The zero-order chi connectivity index (χ0) is 20.5. The first-order valence-electron chi connectivity index (χ1n) is 9.42. The molecule has 2 N–H and O–H groups in total. The molecule has 1 amide bonds. The average Bonchev–Trinajstić information content (AvgIpc) is 3.14. The molecule has 3 rings (SSSR count). The molecule has 2 aliphatic heterocycles. The molecule has 1 aromatic heterocycles. The summed E-state index contributed by atoms with van der Waals surface area (Å²) in [5.74, 6) is -1.86. The Bertz CT molecular complexity index is 712. The number of amides is 1. The van der Waals surface area contributed by atoms with E-state index in [4.69, 9.17) is 10.2 Å². The minimum absolute atomic E-state index is 0.122. The molecule has 0 aliphatic carbocycles. The third kappa shape index (κ3) is 6.77. The van der Waals surface area contributed by atoms with Gasteiger partial charge in [0.05, 0.1) is 11.3 Å². The summed E-state index contributed by atoms with van der Waals surface area (Å²) in [6.07, 6.45) is 7.69. The Kier molecular flexibility index (Phi) is 8.13. The smallest absolute Gasteiger partial charge is 0.328 e. The molecule has 8 heteroatoms. The lowest BCUT2D eigenvalue weighted by Crippen LogP contribution is -2.31. The van der Waals surface area contributed by atoms with Crippen LogP contribution in [-0.2, 0) is 16.0 Å². The molecule has 2 aliphatic rings. The van der Waals surface area contributed by atoms with Gasteiger partial charge in [-0.1, -0.05) is 0 Å². The Morgan fingerprint density at radius 3 is 2.46 bits per heavy atom. The lowest BCUT2D eigenvalue weighted by molar-refractivity contribution is -0.134. The van der Waals surface area contributed by atoms with E-state index in [1.165, 1.54) is 25.9 Å². The van der Waals surface area contributed by atoms with E-state index < -0.39 is 11.9 Å². The van der Waals surface area contributed by atoms with Gasteiger partial charge in [-0.05, 0) is 63.4 Å². The van der Waals surface area contributed by atoms with Gasteiger partial charge >= 0.3 is 11.9 Å². The van der Waals surface area contributed by atoms with Crippen LogP contribution in [0.5, 0.6) is 0 Å². The van der Waals surface area contributed by atoms with Gasteiger partial charge in [-0.25, -0.2) is 9.59 Å². The van der Waals surface area contributed by atoms with Crippen molar-refractivity contribution < 1.29 is 24.6 Å². The van der Waals surface area contributed by atoms with Crippen LogP contribution in [0.1, 0.15) is 35.3 Å². The summed E-state index contributed by atoms with van der Waals surface area (Å²) in [4.78, 5) is 40.3. The molecule has 152 valence electrons. The first kappa shape index (κ1) is 21.6. The van der Waals surface area contributed by atoms with Crippen molar-refractivity contribution in [1.29, 1.82) is 0 Å². The van der Waals surface area contributed by atoms with E-state index in [1.54, 1.807) is 6.20 Å². The van der Waals surface area contributed by atoms with Crippen molar-refractivity contribution in [3.05, 3.63) is 41.7 Å². The van der Waals surface area contributed by atoms with E-state index in [9.17, 15) is 14.4 Å². The molecular formula is C20H27N3O5. The van der Waals surface area contributed by atoms with Crippen LogP contribution in [-0.4, -0.2) is 76.1 Å². The fraction of sp³-hybridized carbons (Fsp3) is 0.500. The Morgan fingerprint density at radius 2 is 1.86 bits per heavy atom. The summed E-state index contributed by atoms with van der Waals surface area (Å²) in [5.41, 5.74) is 1.77. The fourth-order valence-electron chi connectivity index (χ4n) is 3.52. The fourth-order valence-corrected chi connectivity index (χ4v) is 3.52. The lowest BCUT2D eigenvalue weighted by Gasteiger charge is -2.22. The molecule has 3 heterocycles. The van der Waals surface area contributed by atoms with Crippen LogP contribution in [0.2, 0.25) is 0 Å². The number of fused-ring (bicyclic) bond motifs is 1. The van der Waals surface area contributed by atoms with Crippen LogP contribution in [0, 0.1) is 5.92 Å². The SMILES string of the molecule is CN1CC(CCN2CCCC2)Cc2ncccc2C1=O.O=C(O)/C=C/C(=O)O. The van der Waals surface area contributed by atoms with Gasteiger partial charge in [0.2, 0.25) is 0 Å². The normalized spacial score (nSPS) is 19.7. The molecule has 0 radical (unpaired) electrons. The van der Waals surface area contributed by atoms with Gasteiger partial charge in [0, 0.05) is 31.9 Å². The van der Waals surface area contributed by atoms with Crippen LogP contribution >= 0.6 is 0 Å². The van der Waals surface area contributed by atoms with Gasteiger partial charge in [0.1, 0.15) is 0 Å². The number of hydrogen-bond acceptors (Lipinski definition) is 5. The van der Waals surface area contributed by atoms with Crippen molar-refractivity contribution in [2.75, 3.05) is 33.2 Å². The molecule has 0 saturated carbocycles. The number of carboxylic acids is 2. The molecule has 0 spiro atoms. The van der Waals surface area contributed by atoms with Crippen LogP contribution in [0.3, 0.4) is 0 Å². The van der Waals surface area contributed by atoms with E-state index in [0.29, 0.717) is 18.1 Å². The highest BCUT2D eigenvalue weighted by molar-refractivity contribution is 5.95. The van der Waals surface area contributed by atoms with E-state index in [2.05, 4.69) is 9.88 Å². The quantitative estimate of drug-likeness (QED) is 0.735. The highest BCUT2D eigenvalue weighted by Gasteiger charge is 2.26. The summed E-state index contributed by atoms with van der Waals surface area (Å²) in [7, 11) is 1.91. The first-order valence-corrected chi connectivity index (χ1v) is 9.42. The van der Waals surface area contributed by atoms with E-state index in [1.807, 2.05) is 24.1 Å². The molecule has 8 nitrogen and oxygen atoms in total. The number of likely N-dealkylation sites (tertiary alicyclic amines) is 1. The van der Waals surface area contributed by atoms with Crippen LogP contribution in [0.4, 0.5) is 0 Å². The van der Waals surface area contributed by atoms with Gasteiger partial charge in [0.25, 0.3) is 5.91 Å². The second-order valence-corrected chi connectivity index (χ2v) is 7.10. The minimum Gasteiger partial charge on any atom is -0.478 e. The third-order valence-corrected chi connectivity index (χ3v) is 4.90. The molecule has 1 unspecified atom stereocenters. The van der Waals surface area contributed by atoms with E-state index in [-0.39, 0.29) is 5.91 Å².